The summed E-state index contributed by atoms with van der Waals surface area (Å²) in [5, 5.41) is 6.69. The lowest BCUT2D eigenvalue weighted by Crippen LogP contribution is -2.68. The second-order valence-electron chi connectivity index (χ2n) is 12.4. The summed E-state index contributed by atoms with van der Waals surface area (Å²) in [5.74, 6) is -2.55. The number of amides is 3. The van der Waals surface area contributed by atoms with E-state index >= 15 is 0 Å². The van der Waals surface area contributed by atoms with Crippen LogP contribution in [0, 0.1) is 11.8 Å². The number of Topliss-reactive ketones (excluding diaryl/α,β-unsaturated/α-hetero) is 1. The van der Waals surface area contributed by atoms with Crippen LogP contribution in [0.3, 0.4) is 0 Å². The number of hydrogen-bond donors (Lipinski definition) is 4. The highest BCUT2D eigenvalue weighted by Crippen LogP contribution is 2.41. The average Bonchev–Trinajstić information content (AvgIpc) is 3.32. The normalized spacial score (nSPS) is 24.0. The number of carbonyl (C=O) groups is 4. The molecule has 11 nitrogen and oxygen atoms in total. The van der Waals surface area contributed by atoms with Crippen LogP contribution in [0.1, 0.15) is 51.5 Å². The second-order valence-corrected chi connectivity index (χ2v) is 12.4. The molecule has 1 aliphatic carbocycles. The van der Waals surface area contributed by atoms with Gasteiger partial charge in [0.05, 0.1) is 32.3 Å². The van der Waals surface area contributed by atoms with Gasteiger partial charge in [-0.3, -0.25) is 24.1 Å². The summed E-state index contributed by atoms with van der Waals surface area (Å²) in [4.78, 5) is 59.4. The highest BCUT2D eigenvalue weighted by Gasteiger charge is 2.58. The van der Waals surface area contributed by atoms with Gasteiger partial charge in [-0.1, -0.05) is 37.8 Å². The van der Waals surface area contributed by atoms with Crippen LogP contribution in [-0.4, -0.2) is 90.0 Å². The van der Waals surface area contributed by atoms with E-state index in [2.05, 4.69) is 15.6 Å². The van der Waals surface area contributed by atoms with Crippen molar-refractivity contribution in [3.05, 3.63) is 36.0 Å². The van der Waals surface area contributed by atoms with Crippen molar-refractivity contribution in [1.82, 2.24) is 20.5 Å². The van der Waals surface area contributed by atoms with Crippen molar-refractivity contribution in [2.75, 3.05) is 39.5 Å². The molecule has 0 bridgehead atoms. The van der Waals surface area contributed by atoms with E-state index in [4.69, 9.17) is 15.2 Å². The first-order valence-electron chi connectivity index (χ1n) is 15.1. The molecule has 3 heterocycles. The van der Waals surface area contributed by atoms with Crippen LogP contribution in [0.2, 0.25) is 0 Å². The lowest BCUT2D eigenvalue weighted by atomic mass is 9.69. The molecule has 11 heteroatoms. The van der Waals surface area contributed by atoms with Gasteiger partial charge in [0.25, 0.3) is 0 Å². The van der Waals surface area contributed by atoms with Crippen molar-refractivity contribution in [3.63, 3.8) is 0 Å². The quantitative estimate of drug-likeness (QED) is 0.261. The number of carbonyl (C=O) groups excluding carboxylic acids is 4. The maximum atomic E-state index is 14.1. The molecule has 0 spiro atoms. The summed E-state index contributed by atoms with van der Waals surface area (Å²) >= 11 is 0. The zero-order valence-electron chi connectivity index (χ0n) is 24.6. The van der Waals surface area contributed by atoms with E-state index in [1.165, 1.54) is 0 Å². The van der Waals surface area contributed by atoms with Gasteiger partial charge in [-0.05, 0) is 49.3 Å². The predicted molar refractivity (Wildman–Crippen MR) is 156 cm³/mol. The Morgan fingerprint density at radius 2 is 1.88 bits per heavy atom. The third-order valence-electron chi connectivity index (χ3n) is 9.18. The fourth-order valence-electron chi connectivity index (χ4n) is 6.48. The van der Waals surface area contributed by atoms with Gasteiger partial charge >= 0.3 is 0 Å². The van der Waals surface area contributed by atoms with Crippen LogP contribution in [0.5, 0.6) is 0 Å². The van der Waals surface area contributed by atoms with Crippen molar-refractivity contribution >= 4 is 34.4 Å². The number of ketones is 1. The molecule has 1 aromatic heterocycles. The summed E-state index contributed by atoms with van der Waals surface area (Å²) in [6, 6.07) is 6.72. The lowest BCUT2D eigenvalue weighted by molar-refractivity contribution is -0.142. The molecule has 2 aromatic rings. The van der Waals surface area contributed by atoms with Crippen LogP contribution in [0.15, 0.2) is 30.5 Å². The second kappa shape index (κ2) is 12.5. The molecule has 3 amide bonds. The first-order chi connectivity index (χ1) is 20.1. The molecule has 228 valence electrons. The molecular weight excluding hydrogens is 538 g/mol. The van der Waals surface area contributed by atoms with E-state index in [9.17, 15) is 19.2 Å². The first kappa shape index (κ1) is 30.2. The Bertz CT molecular complexity index is 1310. The van der Waals surface area contributed by atoms with E-state index in [0.717, 1.165) is 42.1 Å². The number of H-pyrrole nitrogens is 1. The van der Waals surface area contributed by atoms with E-state index in [1.807, 2.05) is 35.4 Å². The number of ether oxygens (including phenoxy) is 2. The average molecular weight is 582 g/mol. The molecule has 42 heavy (non-hydrogen) atoms. The van der Waals surface area contributed by atoms with Crippen molar-refractivity contribution in [1.29, 1.82) is 0 Å². The molecule has 0 radical (unpaired) electrons. The maximum Gasteiger partial charge on any atom is 0.244 e. The molecule has 1 aromatic carbocycles. The minimum absolute atomic E-state index is 0.0245. The molecule has 3 aliphatic rings. The smallest absolute Gasteiger partial charge is 0.244 e. The summed E-state index contributed by atoms with van der Waals surface area (Å²) in [6.07, 6.45) is 6.30. The van der Waals surface area contributed by atoms with Crippen molar-refractivity contribution < 1.29 is 28.7 Å². The molecule has 1 unspecified atom stereocenters. The fourth-order valence-corrected chi connectivity index (χ4v) is 6.48. The maximum absolute atomic E-state index is 14.1. The summed E-state index contributed by atoms with van der Waals surface area (Å²) < 4.78 is 10.9. The number of nitrogens with zero attached hydrogens (tertiary/aromatic N) is 1. The summed E-state index contributed by atoms with van der Waals surface area (Å²) in [6.45, 7) is 6.07. The zero-order chi connectivity index (χ0) is 29.9. The minimum Gasteiger partial charge on any atom is -0.379 e. The number of rotatable bonds is 13. The molecule has 2 aliphatic heterocycles. The lowest BCUT2D eigenvalue weighted by Gasteiger charge is -2.40. The van der Waals surface area contributed by atoms with E-state index in [1.54, 1.807) is 13.8 Å². The Hall–Kier alpha value is -3.28. The molecule has 3 fully saturated rings. The topological polar surface area (TPSA) is 159 Å². The summed E-state index contributed by atoms with van der Waals surface area (Å²) in [5.41, 5.74) is 5.08. The fraction of sp³-hybridized carbons (Fsp3) is 0.613. The summed E-state index contributed by atoms with van der Waals surface area (Å²) in [7, 11) is 0. The van der Waals surface area contributed by atoms with E-state index in [0.29, 0.717) is 32.7 Å². The van der Waals surface area contributed by atoms with Crippen molar-refractivity contribution in [3.8, 4) is 0 Å². The van der Waals surface area contributed by atoms with Crippen LogP contribution >= 0.6 is 0 Å². The number of hydrogen-bond acceptors (Lipinski definition) is 7. The van der Waals surface area contributed by atoms with Gasteiger partial charge < -0.3 is 30.8 Å². The number of nitrogens with one attached hydrogen (secondary N) is 3. The molecule has 5 N–H and O–H groups in total. The molecular formula is C31H43N5O6. The van der Waals surface area contributed by atoms with Gasteiger partial charge in [0, 0.05) is 31.2 Å². The van der Waals surface area contributed by atoms with Crippen molar-refractivity contribution in [2.45, 2.75) is 69.6 Å². The number of benzene rings is 1. The molecule has 5 rings (SSSR count). The van der Waals surface area contributed by atoms with Gasteiger partial charge in [-0.15, -0.1) is 0 Å². The Morgan fingerprint density at radius 1 is 1.17 bits per heavy atom. The third kappa shape index (κ3) is 6.68. The van der Waals surface area contributed by atoms with E-state index in [-0.39, 0.29) is 37.2 Å². The third-order valence-corrected chi connectivity index (χ3v) is 9.18. The van der Waals surface area contributed by atoms with Crippen LogP contribution < -0.4 is 16.4 Å². The minimum atomic E-state index is -1.73. The Labute approximate surface area is 246 Å². The van der Waals surface area contributed by atoms with Gasteiger partial charge in [-0.25, -0.2) is 0 Å². The van der Waals surface area contributed by atoms with Gasteiger partial charge in [0.1, 0.15) is 17.2 Å². The SMILES string of the molecule is C[C@H](NC(=O)CN1CCOCC1)C(=O)NC(Cc1ccc2cc[nH]c2c1)(C(N)=O)[C@H](CC1CCCC1)C(=O)[C@@]1(C)CO1. The number of epoxide rings is 1. The van der Waals surface area contributed by atoms with Crippen molar-refractivity contribution in [2.24, 2.45) is 17.6 Å². The number of morpholine rings is 1. The number of aromatic amines is 1. The molecule has 4 atom stereocenters. The number of nitrogens with two attached hydrogens (primary N) is 1. The number of fused-ring (bicyclic) bond motifs is 1. The molecule has 1 saturated carbocycles. The van der Waals surface area contributed by atoms with Crippen LogP contribution in [0.25, 0.3) is 10.9 Å². The van der Waals surface area contributed by atoms with Crippen LogP contribution in [-0.2, 0) is 35.1 Å². The van der Waals surface area contributed by atoms with Gasteiger partial charge in [0.15, 0.2) is 5.78 Å². The van der Waals surface area contributed by atoms with Crippen LogP contribution in [0.4, 0.5) is 0 Å². The largest absolute Gasteiger partial charge is 0.379 e. The van der Waals surface area contributed by atoms with Gasteiger partial charge in [-0.2, -0.15) is 0 Å². The van der Waals surface area contributed by atoms with E-state index < -0.39 is 34.9 Å². The zero-order valence-corrected chi connectivity index (χ0v) is 24.6. The monoisotopic (exact) mass is 581 g/mol. The Kier molecular flexibility index (Phi) is 9.00. The number of aromatic nitrogens is 1. The highest BCUT2D eigenvalue weighted by molar-refractivity contribution is 6.01. The van der Waals surface area contributed by atoms with Gasteiger partial charge in [0.2, 0.25) is 17.7 Å². The predicted octanol–water partition coefficient (Wildman–Crippen LogP) is 1.44. The first-order valence-corrected chi connectivity index (χ1v) is 15.1. The Morgan fingerprint density at radius 3 is 2.55 bits per heavy atom. The molecule has 2 saturated heterocycles. The number of primary amides is 1. The standard InChI is InChI=1S/C31H43N5O6/c1-20(34-26(37)18-36-11-13-41-14-12-36)28(39)35-31(29(32)40,17-22-7-8-23-9-10-33-25(23)16-22)24(15-21-5-3-4-6-21)27(38)30(2)19-42-30/h7-10,16,20-21,24,33H,3-6,11-15,17-19H2,1-2H3,(H2,32,40)(H,34,37)(H,35,39)/t20-,24+,30+,31?/m0/s1. The highest BCUT2D eigenvalue weighted by atomic mass is 16.6. The Balaban J connectivity index is 1.45.